The number of morpholine rings is 1. The van der Waals surface area contributed by atoms with Gasteiger partial charge in [0.1, 0.15) is 4.83 Å². The van der Waals surface area contributed by atoms with Crippen molar-refractivity contribution in [3.8, 4) is 0 Å². The average Bonchev–Trinajstić information content (AvgIpc) is 3.23. The van der Waals surface area contributed by atoms with Gasteiger partial charge in [0.05, 0.1) is 23.3 Å². The van der Waals surface area contributed by atoms with E-state index in [9.17, 15) is 4.79 Å². The Labute approximate surface area is 162 Å². The first kappa shape index (κ1) is 18.2. The second-order valence-corrected chi connectivity index (χ2v) is 7.99. The molecule has 1 aromatic carbocycles. The highest BCUT2D eigenvalue weighted by atomic mass is 32.1. The molecule has 1 saturated heterocycles. The van der Waals surface area contributed by atoms with Crippen molar-refractivity contribution in [2.45, 2.75) is 19.6 Å². The van der Waals surface area contributed by atoms with Gasteiger partial charge in [0.25, 0.3) is 5.91 Å². The Kier molecular flexibility index (Phi) is 5.24. The summed E-state index contributed by atoms with van der Waals surface area (Å²) >= 11 is 1.48. The standard InChI is InChI=1S/C20H24N4O2S/c1-14-17-10-18(27-20(17)23(2)22-14)19(25)21-11-16-13-24(8-9-26-16)12-15-6-4-3-5-7-15/h3-7,10,16H,8-9,11-13H2,1-2H3,(H,21,25). The smallest absolute Gasteiger partial charge is 0.261 e. The fraction of sp³-hybridized carbons (Fsp3) is 0.400. The lowest BCUT2D eigenvalue weighted by Gasteiger charge is -2.33. The monoisotopic (exact) mass is 384 g/mol. The molecule has 7 heteroatoms. The van der Waals surface area contributed by atoms with Gasteiger partial charge in [0.2, 0.25) is 0 Å². The van der Waals surface area contributed by atoms with E-state index in [1.54, 1.807) is 0 Å². The van der Waals surface area contributed by atoms with Gasteiger partial charge in [-0.05, 0) is 18.6 Å². The van der Waals surface area contributed by atoms with Crippen LogP contribution in [0.25, 0.3) is 10.2 Å². The normalized spacial score (nSPS) is 18.1. The van der Waals surface area contributed by atoms with Crippen molar-refractivity contribution in [3.05, 3.63) is 52.5 Å². The first-order chi connectivity index (χ1) is 13.1. The number of carbonyl (C=O) groups excluding carboxylic acids is 1. The van der Waals surface area contributed by atoms with Crippen LogP contribution in [0.15, 0.2) is 36.4 Å². The second-order valence-electron chi connectivity index (χ2n) is 6.96. The lowest BCUT2D eigenvalue weighted by Crippen LogP contribution is -2.47. The number of ether oxygens (including phenoxy) is 1. The van der Waals surface area contributed by atoms with Gasteiger partial charge in [-0.15, -0.1) is 11.3 Å². The fourth-order valence-electron chi connectivity index (χ4n) is 3.50. The zero-order valence-corrected chi connectivity index (χ0v) is 16.5. The molecular formula is C20H24N4O2S. The fourth-order valence-corrected chi connectivity index (χ4v) is 4.54. The van der Waals surface area contributed by atoms with Crippen molar-refractivity contribution < 1.29 is 9.53 Å². The molecule has 1 N–H and O–H groups in total. The van der Waals surface area contributed by atoms with Gasteiger partial charge in [0, 0.05) is 38.6 Å². The van der Waals surface area contributed by atoms with Crippen molar-refractivity contribution in [3.63, 3.8) is 0 Å². The summed E-state index contributed by atoms with van der Waals surface area (Å²) < 4.78 is 7.68. The van der Waals surface area contributed by atoms with Crippen LogP contribution in [0.5, 0.6) is 0 Å². The number of hydrogen-bond acceptors (Lipinski definition) is 5. The predicted molar refractivity (Wildman–Crippen MR) is 107 cm³/mol. The largest absolute Gasteiger partial charge is 0.374 e. The van der Waals surface area contributed by atoms with E-state index >= 15 is 0 Å². The molecule has 0 bridgehead atoms. The predicted octanol–water partition coefficient (Wildman–Crippen LogP) is 2.57. The summed E-state index contributed by atoms with van der Waals surface area (Å²) in [5, 5.41) is 8.47. The molecule has 4 rings (SSSR count). The van der Waals surface area contributed by atoms with Crippen LogP contribution in [0.2, 0.25) is 0 Å². The number of hydrogen-bond donors (Lipinski definition) is 1. The van der Waals surface area contributed by atoms with Crippen LogP contribution in [0.3, 0.4) is 0 Å². The summed E-state index contributed by atoms with van der Waals surface area (Å²) in [7, 11) is 1.91. The van der Waals surface area contributed by atoms with Crippen LogP contribution < -0.4 is 5.32 Å². The first-order valence-electron chi connectivity index (χ1n) is 9.19. The molecule has 1 aliphatic heterocycles. The van der Waals surface area contributed by atoms with E-state index in [-0.39, 0.29) is 12.0 Å². The first-order valence-corrected chi connectivity index (χ1v) is 10.0. The summed E-state index contributed by atoms with van der Waals surface area (Å²) in [6.45, 7) is 5.84. The maximum atomic E-state index is 12.6. The minimum atomic E-state index is -0.0422. The Hall–Kier alpha value is -2.22. The number of benzene rings is 1. The van der Waals surface area contributed by atoms with Gasteiger partial charge < -0.3 is 10.1 Å². The lowest BCUT2D eigenvalue weighted by molar-refractivity contribution is -0.0292. The van der Waals surface area contributed by atoms with Crippen LogP contribution in [0.4, 0.5) is 0 Å². The molecule has 1 atom stereocenters. The number of aromatic nitrogens is 2. The van der Waals surface area contributed by atoms with Crippen molar-refractivity contribution in [1.29, 1.82) is 0 Å². The van der Waals surface area contributed by atoms with Crippen molar-refractivity contribution in [2.75, 3.05) is 26.2 Å². The topological polar surface area (TPSA) is 59.4 Å². The van der Waals surface area contributed by atoms with Gasteiger partial charge >= 0.3 is 0 Å². The van der Waals surface area contributed by atoms with Gasteiger partial charge in [0.15, 0.2) is 0 Å². The quantitative estimate of drug-likeness (QED) is 0.735. The zero-order chi connectivity index (χ0) is 18.8. The molecule has 1 fully saturated rings. The maximum absolute atomic E-state index is 12.6. The number of amides is 1. The highest BCUT2D eigenvalue weighted by Gasteiger charge is 2.22. The summed E-state index contributed by atoms with van der Waals surface area (Å²) in [6, 6.07) is 12.4. The molecule has 0 radical (unpaired) electrons. The van der Waals surface area contributed by atoms with E-state index in [1.807, 2.05) is 30.8 Å². The molecule has 3 heterocycles. The molecule has 27 heavy (non-hydrogen) atoms. The summed E-state index contributed by atoms with van der Waals surface area (Å²) in [6.07, 6.45) is 0.0178. The highest BCUT2D eigenvalue weighted by Crippen LogP contribution is 2.27. The number of aryl methyl sites for hydroxylation is 2. The Bertz CT molecular complexity index is 900. The van der Waals surface area contributed by atoms with Crippen molar-refractivity contribution in [1.82, 2.24) is 20.0 Å². The maximum Gasteiger partial charge on any atom is 0.261 e. The SMILES string of the molecule is Cc1nn(C)c2sc(C(=O)NCC3CN(Cc4ccccc4)CCO3)cc12. The third-order valence-electron chi connectivity index (χ3n) is 4.88. The average molecular weight is 385 g/mol. The third kappa shape index (κ3) is 4.05. The van der Waals surface area contributed by atoms with Crippen LogP contribution >= 0.6 is 11.3 Å². The molecule has 6 nitrogen and oxygen atoms in total. The molecule has 1 amide bonds. The summed E-state index contributed by atoms with van der Waals surface area (Å²) in [5.74, 6) is -0.0422. The molecule has 142 valence electrons. The van der Waals surface area contributed by atoms with Crippen molar-refractivity contribution in [2.24, 2.45) is 7.05 Å². The number of fused-ring (bicyclic) bond motifs is 1. The van der Waals surface area contributed by atoms with Gasteiger partial charge in [-0.3, -0.25) is 14.4 Å². The number of rotatable bonds is 5. The Balaban J connectivity index is 1.33. The van der Waals surface area contributed by atoms with Crippen LogP contribution in [-0.2, 0) is 18.3 Å². The van der Waals surface area contributed by atoms with Gasteiger partial charge in [-0.25, -0.2) is 0 Å². The summed E-state index contributed by atoms with van der Waals surface area (Å²) in [4.78, 5) is 16.7. The lowest BCUT2D eigenvalue weighted by atomic mass is 10.2. The molecule has 0 spiro atoms. The van der Waals surface area contributed by atoms with Crippen LogP contribution in [-0.4, -0.2) is 52.9 Å². The molecule has 3 aromatic rings. The van der Waals surface area contributed by atoms with E-state index in [4.69, 9.17) is 4.74 Å². The third-order valence-corrected chi connectivity index (χ3v) is 6.08. The molecule has 2 aromatic heterocycles. The van der Waals surface area contributed by atoms with Crippen LogP contribution in [0, 0.1) is 6.92 Å². The number of thiophene rings is 1. The minimum Gasteiger partial charge on any atom is -0.374 e. The second kappa shape index (κ2) is 7.80. The molecule has 0 saturated carbocycles. The van der Waals surface area contributed by atoms with E-state index in [0.29, 0.717) is 13.2 Å². The Morgan fingerprint density at radius 1 is 1.37 bits per heavy atom. The molecule has 0 aliphatic carbocycles. The van der Waals surface area contributed by atoms with Gasteiger partial charge in [-0.2, -0.15) is 5.10 Å². The Morgan fingerprint density at radius 2 is 2.19 bits per heavy atom. The molecule has 1 unspecified atom stereocenters. The van der Waals surface area contributed by atoms with Gasteiger partial charge in [-0.1, -0.05) is 30.3 Å². The Morgan fingerprint density at radius 3 is 2.96 bits per heavy atom. The number of nitrogens with one attached hydrogen (secondary N) is 1. The minimum absolute atomic E-state index is 0.0178. The molecular weight excluding hydrogens is 360 g/mol. The highest BCUT2D eigenvalue weighted by molar-refractivity contribution is 7.20. The van der Waals surface area contributed by atoms with E-state index in [2.05, 4.69) is 39.6 Å². The van der Waals surface area contributed by atoms with Crippen molar-refractivity contribution >= 4 is 27.5 Å². The number of carbonyl (C=O) groups is 1. The van der Waals surface area contributed by atoms with Crippen LogP contribution in [0.1, 0.15) is 20.9 Å². The summed E-state index contributed by atoms with van der Waals surface area (Å²) in [5.41, 5.74) is 2.26. The van der Waals surface area contributed by atoms with E-state index in [0.717, 1.165) is 40.4 Å². The zero-order valence-electron chi connectivity index (χ0n) is 15.6. The molecule has 1 aliphatic rings. The number of nitrogens with zero attached hydrogens (tertiary/aromatic N) is 3. The van der Waals surface area contributed by atoms with E-state index < -0.39 is 0 Å². The van der Waals surface area contributed by atoms with E-state index in [1.165, 1.54) is 16.9 Å².